The van der Waals surface area contributed by atoms with E-state index in [-0.39, 0.29) is 29.2 Å². The molecule has 1 saturated carbocycles. The molecule has 3 fully saturated rings. The Kier molecular flexibility index (Phi) is 5.08. The Morgan fingerprint density at radius 2 is 1.94 bits per heavy atom. The van der Waals surface area contributed by atoms with Gasteiger partial charge in [-0.15, -0.1) is 0 Å². The molecule has 2 aromatic rings. The molecule has 1 aliphatic carbocycles. The number of likely N-dealkylation sites (tertiary alicyclic amines) is 2. The van der Waals surface area contributed by atoms with Crippen LogP contribution in [0.4, 0.5) is 0 Å². The van der Waals surface area contributed by atoms with Crippen molar-refractivity contribution >= 4 is 11.8 Å². The summed E-state index contributed by atoms with van der Waals surface area (Å²) in [5.41, 5.74) is 2.64. The largest absolute Gasteiger partial charge is 0.354 e. The van der Waals surface area contributed by atoms with Crippen LogP contribution in [-0.4, -0.2) is 64.0 Å². The summed E-state index contributed by atoms with van der Waals surface area (Å²) in [6.07, 6.45) is 2.35. The Balaban J connectivity index is 1.29. The fourth-order valence-electron chi connectivity index (χ4n) is 5.17. The van der Waals surface area contributed by atoms with Crippen LogP contribution >= 0.6 is 0 Å². The Labute approximate surface area is 183 Å². The molecule has 1 atom stereocenters. The number of nitrogens with one attached hydrogen (secondary N) is 2. The molecule has 31 heavy (non-hydrogen) atoms. The molecule has 2 amide bonds. The summed E-state index contributed by atoms with van der Waals surface area (Å²) in [5, 5.41) is 10.4. The summed E-state index contributed by atoms with van der Waals surface area (Å²) in [5.74, 6) is 0.512. The monoisotopic (exact) mass is 421 g/mol. The average Bonchev–Trinajstić information content (AvgIpc) is 3.31. The van der Waals surface area contributed by atoms with E-state index in [1.54, 1.807) is 0 Å². The predicted octanol–water partition coefficient (Wildman–Crippen LogP) is 2.39. The Bertz CT molecular complexity index is 959. The topological polar surface area (TPSA) is 81.3 Å². The van der Waals surface area contributed by atoms with Crippen molar-refractivity contribution in [1.29, 1.82) is 0 Å². The van der Waals surface area contributed by atoms with Gasteiger partial charge in [0.05, 0.1) is 5.92 Å². The highest BCUT2D eigenvalue weighted by atomic mass is 16.2. The maximum Gasteiger partial charge on any atom is 0.274 e. The van der Waals surface area contributed by atoms with Crippen LogP contribution in [0.25, 0.3) is 0 Å². The minimum absolute atomic E-state index is 0.0293. The van der Waals surface area contributed by atoms with E-state index >= 15 is 0 Å². The number of amides is 2. The lowest BCUT2D eigenvalue weighted by Crippen LogP contribution is -2.64. The Morgan fingerprint density at radius 1 is 1.19 bits per heavy atom. The van der Waals surface area contributed by atoms with Gasteiger partial charge in [-0.1, -0.05) is 30.3 Å². The molecule has 1 spiro atoms. The second-order valence-corrected chi connectivity index (χ2v) is 9.88. The van der Waals surface area contributed by atoms with Gasteiger partial charge >= 0.3 is 0 Å². The van der Waals surface area contributed by atoms with Crippen LogP contribution < -0.4 is 5.32 Å². The zero-order chi connectivity index (χ0) is 21.6. The number of H-pyrrole nitrogens is 1. The predicted molar refractivity (Wildman–Crippen MR) is 117 cm³/mol. The summed E-state index contributed by atoms with van der Waals surface area (Å²) in [6.45, 7) is 7.59. The summed E-state index contributed by atoms with van der Waals surface area (Å²) in [6, 6.07) is 12.4. The number of hydrogen-bond acceptors (Lipinski definition) is 4. The van der Waals surface area contributed by atoms with Gasteiger partial charge in [0.25, 0.3) is 5.91 Å². The number of benzene rings is 1. The maximum atomic E-state index is 13.0. The number of aromatic nitrogens is 2. The van der Waals surface area contributed by atoms with Crippen molar-refractivity contribution in [2.75, 3.05) is 26.2 Å². The lowest BCUT2D eigenvalue weighted by atomic mass is 9.71. The van der Waals surface area contributed by atoms with E-state index in [9.17, 15) is 9.59 Å². The Morgan fingerprint density at radius 3 is 2.61 bits per heavy atom. The number of carbonyl (C=O) groups excluding carboxylic acids is 2. The molecule has 2 aliphatic heterocycles. The van der Waals surface area contributed by atoms with E-state index < -0.39 is 0 Å². The highest BCUT2D eigenvalue weighted by Crippen LogP contribution is 2.45. The number of nitrogens with zero attached hydrogens (tertiary/aromatic N) is 3. The quantitative estimate of drug-likeness (QED) is 0.750. The lowest BCUT2D eigenvalue weighted by molar-refractivity contribution is -0.131. The molecule has 0 bridgehead atoms. The molecule has 3 aliphatic rings. The van der Waals surface area contributed by atoms with E-state index in [0.717, 1.165) is 25.3 Å². The fourth-order valence-corrected chi connectivity index (χ4v) is 5.17. The van der Waals surface area contributed by atoms with E-state index in [2.05, 4.69) is 32.5 Å². The van der Waals surface area contributed by atoms with Gasteiger partial charge in [-0.05, 0) is 38.3 Å². The van der Waals surface area contributed by atoms with Crippen LogP contribution in [0.5, 0.6) is 0 Å². The number of hydrogen-bond donors (Lipinski definition) is 2. The summed E-state index contributed by atoms with van der Waals surface area (Å²) in [7, 11) is 0. The smallest absolute Gasteiger partial charge is 0.274 e. The lowest BCUT2D eigenvalue weighted by Gasteiger charge is -2.50. The van der Waals surface area contributed by atoms with Crippen LogP contribution in [0, 0.1) is 11.3 Å². The Hall–Kier alpha value is -2.67. The van der Waals surface area contributed by atoms with Crippen molar-refractivity contribution in [2.45, 2.75) is 45.2 Å². The van der Waals surface area contributed by atoms with Gasteiger partial charge in [0.2, 0.25) is 5.91 Å². The van der Waals surface area contributed by atoms with Crippen LogP contribution in [0.2, 0.25) is 0 Å². The van der Waals surface area contributed by atoms with Crippen molar-refractivity contribution in [3.8, 4) is 0 Å². The molecule has 1 aromatic heterocycles. The fraction of sp³-hybridized carbons (Fsp3) is 0.542. The van der Waals surface area contributed by atoms with Gasteiger partial charge in [0.15, 0.2) is 0 Å². The highest BCUT2D eigenvalue weighted by Gasteiger charge is 2.58. The van der Waals surface area contributed by atoms with E-state index in [0.29, 0.717) is 24.7 Å². The molecule has 2 N–H and O–H groups in total. The van der Waals surface area contributed by atoms with Crippen LogP contribution in [0.3, 0.4) is 0 Å². The highest BCUT2D eigenvalue weighted by molar-refractivity contribution is 5.93. The molecule has 164 valence electrons. The van der Waals surface area contributed by atoms with Crippen molar-refractivity contribution in [3.05, 3.63) is 53.3 Å². The van der Waals surface area contributed by atoms with Crippen molar-refractivity contribution in [3.63, 3.8) is 0 Å². The molecule has 1 unspecified atom stereocenters. The summed E-state index contributed by atoms with van der Waals surface area (Å²) >= 11 is 0. The molecule has 2 saturated heterocycles. The van der Waals surface area contributed by atoms with E-state index in [4.69, 9.17) is 0 Å². The van der Waals surface area contributed by atoms with Crippen molar-refractivity contribution < 1.29 is 9.59 Å². The molecule has 0 radical (unpaired) electrons. The van der Waals surface area contributed by atoms with Crippen LogP contribution in [0.1, 0.15) is 54.4 Å². The number of rotatable bonds is 6. The molecular formula is C24H31N5O2. The van der Waals surface area contributed by atoms with Gasteiger partial charge in [0, 0.05) is 55.8 Å². The first-order valence-electron chi connectivity index (χ1n) is 11.3. The third-order valence-corrected chi connectivity index (χ3v) is 6.85. The molecule has 5 rings (SSSR count). The van der Waals surface area contributed by atoms with E-state index in [1.807, 2.05) is 43.0 Å². The third kappa shape index (κ3) is 3.99. The SMILES string of the molecule is CC(C)NC(=O)C1CN(Cc2ccccc2)CC12CN(C(=O)c1cc(C3CC3)[nH]n1)C2. The maximum absolute atomic E-state index is 13.0. The number of carbonyl (C=O) groups is 2. The average molecular weight is 422 g/mol. The van der Waals surface area contributed by atoms with E-state index in [1.165, 1.54) is 18.4 Å². The molecular weight excluding hydrogens is 390 g/mol. The van der Waals surface area contributed by atoms with Gasteiger partial charge < -0.3 is 10.2 Å². The second-order valence-electron chi connectivity index (χ2n) is 9.88. The van der Waals surface area contributed by atoms with Crippen LogP contribution in [0.15, 0.2) is 36.4 Å². The standard InChI is InChI=1S/C24H31N5O2/c1-16(2)25-22(30)19-12-28(11-17-6-4-3-5-7-17)13-24(19)14-29(15-24)23(31)21-10-20(26-27-21)18-8-9-18/h3-7,10,16,18-19H,8-9,11-15H2,1-2H3,(H,25,30)(H,26,27). The molecule has 1 aromatic carbocycles. The first-order valence-corrected chi connectivity index (χ1v) is 11.3. The summed E-state index contributed by atoms with van der Waals surface area (Å²) < 4.78 is 0. The number of aromatic amines is 1. The minimum atomic E-state index is -0.182. The minimum Gasteiger partial charge on any atom is -0.354 e. The van der Waals surface area contributed by atoms with Gasteiger partial charge in [-0.2, -0.15) is 5.10 Å². The molecule has 3 heterocycles. The van der Waals surface area contributed by atoms with Gasteiger partial charge in [-0.3, -0.25) is 19.6 Å². The first kappa shape index (κ1) is 20.2. The van der Waals surface area contributed by atoms with Crippen molar-refractivity contribution in [1.82, 2.24) is 25.3 Å². The molecule has 7 heteroatoms. The normalized spacial score (nSPS) is 22.7. The zero-order valence-corrected chi connectivity index (χ0v) is 18.3. The molecule has 7 nitrogen and oxygen atoms in total. The van der Waals surface area contributed by atoms with Crippen molar-refractivity contribution in [2.24, 2.45) is 11.3 Å². The van der Waals surface area contributed by atoms with Crippen LogP contribution in [-0.2, 0) is 11.3 Å². The summed E-state index contributed by atoms with van der Waals surface area (Å²) in [4.78, 5) is 30.2. The first-order chi connectivity index (χ1) is 14.9. The second kappa shape index (κ2) is 7.79. The van der Waals surface area contributed by atoms with Gasteiger partial charge in [-0.25, -0.2) is 0 Å². The third-order valence-electron chi connectivity index (χ3n) is 6.85. The zero-order valence-electron chi connectivity index (χ0n) is 18.3. The van der Waals surface area contributed by atoms with Gasteiger partial charge in [0.1, 0.15) is 5.69 Å².